The smallest absolute Gasteiger partial charge is 0.407 e. The predicted molar refractivity (Wildman–Crippen MR) is 64.1 cm³/mol. The minimum absolute atomic E-state index is 0.0101. The summed E-state index contributed by atoms with van der Waals surface area (Å²) in [5.41, 5.74) is -0.795. The Labute approximate surface area is 102 Å². The summed E-state index contributed by atoms with van der Waals surface area (Å²) in [7, 11) is 0. The molecule has 0 aromatic heterocycles. The Bertz CT molecular complexity index is 266. The Kier molecular flexibility index (Phi) is 4.38. The first-order valence-electron chi connectivity index (χ1n) is 6.00. The lowest BCUT2D eigenvalue weighted by Crippen LogP contribution is -2.52. The van der Waals surface area contributed by atoms with E-state index in [-0.39, 0.29) is 12.0 Å². The largest absolute Gasteiger partial charge is 0.465 e. The minimum atomic E-state index is -0.934. The van der Waals surface area contributed by atoms with Gasteiger partial charge in [0, 0.05) is 30.7 Å². The minimum Gasteiger partial charge on any atom is -0.465 e. The van der Waals surface area contributed by atoms with Crippen molar-refractivity contribution in [1.82, 2.24) is 4.90 Å². The van der Waals surface area contributed by atoms with Crippen LogP contribution in [0.5, 0.6) is 0 Å². The molecule has 0 aliphatic carbocycles. The SMILES string of the molecule is CC(C)(C)N(CC1(CO)CCOCC1)C(=O)O. The number of aliphatic hydroxyl groups is 1. The average molecular weight is 245 g/mol. The summed E-state index contributed by atoms with van der Waals surface area (Å²) in [5, 5.41) is 18.8. The fourth-order valence-electron chi connectivity index (χ4n) is 2.10. The highest BCUT2D eigenvalue weighted by Crippen LogP contribution is 2.33. The first-order chi connectivity index (χ1) is 7.81. The monoisotopic (exact) mass is 245 g/mol. The molecule has 0 atom stereocenters. The molecular formula is C12H23NO4. The lowest BCUT2D eigenvalue weighted by molar-refractivity contribution is -0.0428. The van der Waals surface area contributed by atoms with E-state index < -0.39 is 11.6 Å². The molecule has 1 aliphatic heterocycles. The molecule has 2 N–H and O–H groups in total. The molecule has 1 amide bonds. The zero-order valence-electron chi connectivity index (χ0n) is 10.9. The van der Waals surface area contributed by atoms with Crippen molar-refractivity contribution in [1.29, 1.82) is 0 Å². The van der Waals surface area contributed by atoms with Crippen LogP contribution >= 0.6 is 0 Å². The van der Waals surface area contributed by atoms with Crippen LogP contribution in [0.15, 0.2) is 0 Å². The molecule has 5 nitrogen and oxygen atoms in total. The van der Waals surface area contributed by atoms with Gasteiger partial charge in [-0.1, -0.05) is 0 Å². The average Bonchev–Trinajstić information content (AvgIpc) is 2.25. The second-order valence-corrected chi connectivity index (χ2v) is 5.81. The number of amides is 1. The molecule has 0 radical (unpaired) electrons. The molecule has 0 aromatic carbocycles. The maximum Gasteiger partial charge on any atom is 0.407 e. The number of ether oxygens (including phenoxy) is 1. The van der Waals surface area contributed by atoms with Gasteiger partial charge in [0.15, 0.2) is 0 Å². The van der Waals surface area contributed by atoms with E-state index in [2.05, 4.69) is 0 Å². The van der Waals surface area contributed by atoms with Crippen LogP contribution in [-0.2, 0) is 4.74 Å². The molecule has 0 spiro atoms. The van der Waals surface area contributed by atoms with Crippen LogP contribution in [0.25, 0.3) is 0 Å². The van der Waals surface area contributed by atoms with E-state index in [4.69, 9.17) is 4.74 Å². The number of hydrogen-bond acceptors (Lipinski definition) is 3. The molecule has 1 fully saturated rings. The molecule has 0 aromatic rings. The normalized spacial score (nSPS) is 20.0. The number of hydrogen-bond donors (Lipinski definition) is 2. The van der Waals surface area contributed by atoms with Gasteiger partial charge in [-0.05, 0) is 33.6 Å². The van der Waals surface area contributed by atoms with E-state index in [0.29, 0.717) is 32.6 Å². The summed E-state index contributed by atoms with van der Waals surface area (Å²) in [6.45, 7) is 7.17. The van der Waals surface area contributed by atoms with Crippen LogP contribution in [0, 0.1) is 5.41 Å². The van der Waals surface area contributed by atoms with Crippen molar-refractivity contribution in [2.45, 2.75) is 39.2 Å². The van der Waals surface area contributed by atoms with E-state index in [9.17, 15) is 15.0 Å². The molecule has 17 heavy (non-hydrogen) atoms. The van der Waals surface area contributed by atoms with Crippen molar-refractivity contribution in [2.75, 3.05) is 26.4 Å². The Morgan fingerprint density at radius 1 is 1.35 bits per heavy atom. The first-order valence-corrected chi connectivity index (χ1v) is 6.00. The van der Waals surface area contributed by atoms with Crippen LogP contribution in [0.2, 0.25) is 0 Å². The lowest BCUT2D eigenvalue weighted by Gasteiger charge is -2.43. The fraction of sp³-hybridized carbons (Fsp3) is 0.917. The molecule has 100 valence electrons. The summed E-state index contributed by atoms with van der Waals surface area (Å²) in [4.78, 5) is 12.7. The van der Waals surface area contributed by atoms with Gasteiger partial charge >= 0.3 is 6.09 Å². The van der Waals surface area contributed by atoms with Crippen LogP contribution in [-0.4, -0.2) is 53.1 Å². The maximum atomic E-state index is 11.3. The molecular weight excluding hydrogens is 222 g/mol. The Morgan fingerprint density at radius 2 is 1.88 bits per heavy atom. The molecule has 0 unspecified atom stereocenters. The molecule has 1 rings (SSSR count). The van der Waals surface area contributed by atoms with Gasteiger partial charge in [0.2, 0.25) is 0 Å². The topological polar surface area (TPSA) is 70.0 Å². The maximum absolute atomic E-state index is 11.3. The Hall–Kier alpha value is -0.810. The van der Waals surface area contributed by atoms with Gasteiger partial charge < -0.3 is 19.8 Å². The predicted octanol–water partition coefficient (Wildman–Crippen LogP) is 1.55. The zero-order valence-corrected chi connectivity index (χ0v) is 10.9. The first kappa shape index (κ1) is 14.3. The van der Waals surface area contributed by atoms with Crippen LogP contribution in [0.1, 0.15) is 33.6 Å². The van der Waals surface area contributed by atoms with Gasteiger partial charge in [-0.2, -0.15) is 0 Å². The third-order valence-corrected chi connectivity index (χ3v) is 3.42. The molecule has 1 saturated heterocycles. The number of rotatable bonds is 3. The van der Waals surface area contributed by atoms with Crippen molar-refractivity contribution >= 4 is 6.09 Å². The summed E-state index contributed by atoms with van der Waals surface area (Å²) in [6, 6.07) is 0. The highest BCUT2D eigenvalue weighted by atomic mass is 16.5. The molecule has 0 bridgehead atoms. The Balaban J connectivity index is 2.80. The van der Waals surface area contributed by atoms with Crippen molar-refractivity contribution in [3.63, 3.8) is 0 Å². The summed E-state index contributed by atoms with van der Waals surface area (Å²) in [5.74, 6) is 0. The summed E-state index contributed by atoms with van der Waals surface area (Å²) < 4.78 is 5.28. The fourth-order valence-corrected chi connectivity index (χ4v) is 2.10. The van der Waals surface area contributed by atoms with E-state index in [1.807, 2.05) is 20.8 Å². The highest BCUT2D eigenvalue weighted by Gasteiger charge is 2.38. The molecule has 5 heteroatoms. The van der Waals surface area contributed by atoms with Gasteiger partial charge in [-0.3, -0.25) is 0 Å². The highest BCUT2D eigenvalue weighted by molar-refractivity contribution is 5.66. The van der Waals surface area contributed by atoms with Gasteiger partial charge in [-0.15, -0.1) is 0 Å². The van der Waals surface area contributed by atoms with Crippen molar-refractivity contribution in [2.24, 2.45) is 5.41 Å². The van der Waals surface area contributed by atoms with E-state index in [0.717, 1.165) is 0 Å². The van der Waals surface area contributed by atoms with Gasteiger partial charge in [0.05, 0.1) is 6.61 Å². The van der Waals surface area contributed by atoms with Crippen molar-refractivity contribution in [3.05, 3.63) is 0 Å². The Morgan fingerprint density at radius 3 is 2.24 bits per heavy atom. The van der Waals surface area contributed by atoms with Crippen LogP contribution < -0.4 is 0 Å². The number of aliphatic hydroxyl groups excluding tert-OH is 1. The van der Waals surface area contributed by atoms with Gasteiger partial charge in [0.25, 0.3) is 0 Å². The lowest BCUT2D eigenvalue weighted by atomic mass is 9.79. The van der Waals surface area contributed by atoms with Crippen LogP contribution in [0.3, 0.4) is 0 Å². The zero-order chi connectivity index (χ0) is 13.1. The van der Waals surface area contributed by atoms with Gasteiger partial charge in [-0.25, -0.2) is 4.79 Å². The molecule has 1 heterocycles. The van der Waals surface area contributed by atoms with E-state index in [1.165, 1.54) is 4.90 Å². The number of nitrogens with zero attached hydrogens (tertiary/aromatic N) is 1. The third-order valence-electron chi connectivity index (χ3n) is 3.42. The van der Waals surface area contributed by atoms with Crippen molar-refractivity contribution in [3.8, 4) is 0 Å². The quantitative estimate of drug-likeness (QED) is 0.791. The summed E-state index contributed by atoms with van der Waals surface area (Å²) in [6.07, 6.45) is 0.490. The molecule has 1 aliphatic rings. The third kappa shape index (κ3) is 3.57. The summed E-state index contributed by atoms with van der Waals surface area (Å²) >= 11 is 0. The second-order valence-electron chi connectivity index (χ2n) is 5.81. The number of carbonyl (C=O) groups is 1. The number of carboxylic acid groups (broad SMARTS) is 1. The standard InChI is InChI=1S/C12H23NO4/c1-11(2,3)13(10(15)16)8-12(9-14)4-6-17-7-5-12/h14H,4-9H2,1-3H3,(H,15,16). The van der Waals surface area contributed by atoms with E-state index in [1.54, 1.807) is 0 Å². The second kappa shape index (κ2) is 5.23. The van der Waals surface area contributed by atoms with Crippen molar-refractivity contribution < 1.29 is 19.7 Å². The van der Waals surface area contributed by atoms with Crippen LogP contribution in [0.4, 0.5) is 4.79 Å². The molecule has 0 saturated carbocycles. The van der Waals surface area contributed by atoms with E-state index >= 15 is 0 Å². The van der Waals surface area contributed by atoms with Gasteiger partial charge in [0.1, 0.15) is 0 Å².